The van der Waals surface area contributed by atoms with Crippen LogP contribution in [0.4, 0.5) is 0 Å². The van der Waals surface area contributed by atoms with E-state index in [0.29, 0.717) is 25.7 Å². The number of amides is 2. The van der Waals surface area contributed by atoms with Crippen LogP contribution in [0.2, 0.25) is 0 Å². The number of carbonyl (C=O) groups is 2. The fourth-order valence-corrected chi connectivity index (χ4v) is 1.54. The quantitative estimate of drug-likeness (QED) is 0.690. The third kappa shape index (κ3) is 3.98. The lowest BCUT2D eigenvalue weighted by Gasteiger charge is -2.33. The summed E-state index contributed by atoms with van der Waals surface area (Å²) < 4.78 is 5.19. The molecule has 0 aromatic carbocycles. The van der Waals surface area contributed by atoms with E-state index in [1.54, 1.807) is 4.90 Å². The summed E-state index contributed by atoms with van der Waals surface area (Å²) in [6, 6.07) is 0.312. The molecule has 1 saturated heterocycles. The van der Waals surface area contributed by atoms with Gasteiger partial charge in [0.2, 0.25) is 11.8 Å². The third-order valence-electron chi connectivity index (χ3n) is 3.00. The molecule has 6 nitrogen and oxygen atoms in total. The molecule has 0 saturated carbocycles. The molecule has 0 aliphatic carbocycles. The summed E-state index contributed by atoms with van der Waals surface area (Å²) in [5, 5.41) is 0. The Bertz CT molecular complexity index is 294. The second-order valence-corrected chi connectivity index (χ2v) is 4.61. The molecule has 2 amide bonds. The van der Waals surface area contributed by atoms with Gasteiger partial charge in [-0.15, -0.1) is 0 Å². The molecular weight excluding hydrogens is 222 g/mol. The average molecular weight is 243 g/mol. The van der Waals surface area contributed by atoms with Gasteiger partial charge in [0.05, 0.1) is 19.7 Å². The fourth-order valence-electron chi connectivity index (χ4n) is 1.54. The molecule has 17 heavy (non-hydrogen) atoms. The van der Waals surface area contributed by atoms with Gasteiger partial charge in [-0.1, -0.05) is 0 Å². The summed E-state index contributed by atoms with van der Waals surface area (Å²) in [6.07, 6.45) is -0.669. The highest BCUT2D eigenvalue weighted by atomic mass is 16.5. The molecule has 6 heteroatoms. The number of rotatable bonds is 4. The maximum absolute atomic E-state index is 12.0. The van der Waals surface area contributed by atoms with Gasteiger partial charge >= 0.3 is 0 Å². The van der Waals surface area contributed by atoms with Gasteiger partial charge in [-0.2, -0.15) is 0 Å². The van der Waals surface area contributed by atoms with E-state index in [-0.39, 0.29) is 12.5 Å². The zero-order chi connectivity index (χ0) is 13.0. The largest absolute Gasteiger partial charge is 0.367 e. The van der Waals surface area contributed by atoms with Crippen molar-refractivity contribution in [3.05, 3.63) is 0 Å². The minimum Gasteiger partial charge on any atom is -0.367 e. The maximum Gasteiger partial charge on any atom is 0.248 e. The van der Waals surface area contributed by atoms with Crippen LogP contribution >= 0.6 is 0 Å². The van der Waals surface area contributed by atoms with E-state index in [9.17, 15) is 9.59 Å². The van der Waals surface area contributed by atoms with Gasteiger partial charge in [0, 0.05) is 12.6 Å². The molecule has 98 valence electrons. The molecule has 0 aromatic rings. The normalized spacial score (nSPS) is 21.0. The predicted molar refractivity (Wildman–Crippen MR) is 63.3 cm³/mol. The highest BCUT2D eigenvalue weighted by Gasteiger charge is 2.28. The summed E-state index contributed by atoms with van der Waals surface area (Å²) in [4.78, 5) is 26.6. The Balaban J connectivity index is 2.49. The van der Waals surface area contributed by atoms with Crippen molar-refractivity contribution in [2.24, 2.45) is 5.73 Å². The second kappa shape index (κ2) is 5.97. The monoisotopic (exact) mass is 243 g/mol. The molecule has 0 radical (unpaired) electrons. The van der Waals surface area contributed by atoms with Crippen molar-refractivity contribution in [2.45, 2.75) is 26.0 Å². The number of hydrogen-bond donors (Lipinski definition) is 1. The minimum atomic E-state index is -0.669. The van der Waals surface area contributed by atoms with E-state index >= 15 is 0 Å². The highest BCUT2D eigenvalue weighted by Crippen LogP contribution is 2.06. The van der Waals surface area contributed by atoms with Crippen LogP contribution in [0.3, 0.4) is 0 Å². The predicted octanol–water partition coefficient (Wildman–Crippen LogP) is -0.961. The lowest BCUT2D eigenvalue weighted by molar-refractivity contribution is -0.146. The fraction of sp³-hybridized carbons (Fsp3) is 0.818. The minimum absolute atomic E-state index is 0.00995. The first kappa shape index (κ1) is 13.9. The molecule has 1 fully saturated rings. The Kier molecular flexibility index (Phi) is 4.89. The third-order valence-corrected chi connectivity index (χ3v) is 3.00. The van der Waals surface area contributed by atoms with E-state index in [2.05, 4.69) is 0 Å². The van der Waals surface area contributed by atoms with Crippen LogP contribution in [-0.4, -0.2) is 67.0 Å². The molecule has 1 atom stereocenters. The molecule has 1 heterocycles. The topological polar surface area (TPSA) is 75.9 Å². The van der Waals surface area contributed by atoms with E-state index in [0.717, 1.165) is 0 Å². The first-order valence-corrected chi connectivity index (χ1v) is 5.80. The van der Waals surface area contributed by atoms with Gasteiger partial charge in [-0.25, -0.2) is 0 Å². The Morgan fingerprint density at radius 2 is 2.18 bits per heavy atom. The van der Waals surface area contributed by atoms with E-state index in [1.807, 2.05) is 25.8 Å². The molecule has 1 aliphatic rings. The first-order valence-electron chi connectivity index (χ1n) is 5.80. The van der Waals surface area contributed by atoms with Crippen molar-refractivity contribution in [1.82, 2.24) is 9.80 Å². The van der Waals surface area contributed by atoms with Crippen LogP contribution in [0, 0.1) is 0 Å². The lowest BCUT2D eigenvalue weighted by Crippen LogP contribution is -2.52. The highest BCUT2D eigenvalue weighted by molar-refractivity contribution is 5.82. The number of ether oxygens (including phenoxy) is 1. The summed E-state index contributed by atoms with van der Waals surface area (Å²) >= 11 is 0. The zero-order valence-electron chi connectivity index (χ0n) is 10.7. The Labute approximate surface area is 102 Å². The van der Waals surface area contributed by atoms with Crippen molar-refractivity contribution in [3.63, 3.8) is 0 Å². The summed E-state index contributed by atoms with van der Waals surface area (Å²) in [6.45, 7) is 5.56. The van der Waals surface area contributed by atoms with Crippen molar-refractivity contribution in [3.8, 4) is 0 Å². The van der Waals surface area contributed by atoms with E-state index in [1.165, 1.54) is 0 Å². The SMILES string of the molecule is CC(C)N(C)CC(=O)N1CCOC(C(N)=O)C1. The van der Waals surface area contributed by atoms with Crippen LogP contribution in [0.1, 0.15) is 13.8 Å². The molecule has 1 unspecified atom stereocenters. The maximum atomic E-state index is 12.0. The van der Waals surface area contributed by atoms with Crippen LogP contribution in [0.15, 0.2) is 0 Å². The number of nitrogens with two attached hydrogens (primary N) is 1. The van der Waals surface area contributed by atoms with Crippen LogP contribution in [0.25, 0.3) is 0 Å². The molecule has 0 spiro atoms. The molecule has 0 aromatic heterocycles. The van der Waals surface area contributed by atoms with Crippen molar-refractivity contribution >= 4 is 11.8 Å². The van der Waals surface area contributed by atoms with E-state index < -0.39 is 12.0 Å². The van der Waals surface area contributed by atoms with Crippen molar-refractivity contribution in [1.29, 1.82) is 0 Å². The van der Waals surface area contributed by atoms with Gasteiger partial charge < -0.3 is 15.4 Å². The number of morpholine rings is 1. The number of carbonyl (C=O) groups excluding carboxylic acids is 2. The Hall–Kier alpha value is -1.14. The average Bonchev–Trinajstić information content (AvgIpc) is 2.28. The number of likely N-dealkylation sites (N-methyl/N-ethyl adjacent to an activating group) is 1. The molecule has 0 bridgehead atoms. The van der Waals surface area contributed by atoms with Gasteiger partial charge in [-0.05, 0) is 20.9 Å². The summed E-state index contributed by atoms with van der Waals surface area (Å²) in [5.74, 6) is -0.504. The number of nitrogens with zero attached hydrogens (tertiary/aromatic N) is 2. The van der Waals surface area contributed by atoms with Crippen LogP contribution in [-0.2, 0) is 14.3 Å². The van der Waals surface area contributed by atoms with Gasteiger partial charge in [0.25, 0.3) is 0 Å². The molecule has 1 aliphatic heterocycles. The van der Waals surface area contributed by atoms with E-state index in [4.69, 9.17) is 10.5 Å². The zero-order valence-corrected chi connectivity index (χ0v) is 10.7. The van der Waals surface area contributed by atoms with Crippen molar-refractivity contribution in [2.75, 3.05) is 33.3 Å². The van der Waals surface area contributed by atoms with Gasteiger partial charge in [-0.3, -0.25) is 14.5 Å². The smallest absolute Gasteiger partial charge is 0.248 e. The molecule has 1 rings (SSSR count). The van der Waals surface area contributed by atoms with Crippen molar-refractivity contribution < 1.29 is 14.3 Å². The molecule has 2 N–H and O–H groups in total. The number of hydrogen-bond acceptors (Lipinski definition) is 4. The standard InChI is InChI=1S/C11H21N3O3/c1-8(2)13(3)7-10(15)14-4-5-17-9(6-14)11(12)16/h8-9H,4-7H2,1-3H3,(H2,12,16). The second-order valence-electron chi connectivity index (χ2n) is 4.61. The summed E-state index contributed by atoms with van der Waals surface area (Å²) in [5.41, 5.74) is 5.17. The Morgan fingerprint density at radius 3 is 2.71 bits per heavy atom. The molecular formula is C11H21N3O3. The Morgan fingerprint density at radius 1 is 1.53 bits per heavy atom. The first-order chi connectivity index (χ1) is 7.91. The van der Waals surface area contributed by atoms with Gasteiger partial charge in [0.1, 0.15) is 0 Å². The van der Waals surface area contributed by atoms with Gasteiger partial charge in [0.15, 0.2) is 6.10 Å². The number of primary amides is 1. The van der Waals surface area contributed by atoms with Crippen LogP contribution < -0.4 is 5.73 Å². The lowest BCUT2D eigenvalue weighted by atomic mass is 10.2. The summed E-state index contributed by atoms with van der Waals surface area (Å²) in [7, 11) is 1.90. The van der Waals surface area contributed by atoms with Crippen LogP contribution in [0.5, 0.6) is 0 Å².